The van der Waals surface area contributed by atoms with E-state index in [0.717, 1.165) is 12.8 Å². The third-order valence-corrected chi connectivity index (χ3v) is 2.91. The summed E-state index contributed by atoms with van der Waals surface area (Å²) in [6.07, 6.45) is 2.40. The van der Waals surface area contributed by atoms with E-state index >= 15 is 0 Å². The summed E-state index contributed by atoms with van der Waals surface area (Å²) in [5.41, 5.74) is 1.34. The lowest BCUT2D eigenvalue weighted by Crippen LogP contribution is -2.13. The second-order valence-electron chi connectivity index (χ2n) is 4.14. The summed E-state index contributed by atoms with van der Waals surface area (Å²) < 4.78 is 11.3. The zero-order valence-corrected chi connectivity index (χ0v) is 9.35. The molecule has 15 heavy (non-hydrogen) atoms. The van der Waals surface area contributed by atoms with Crippen LogP contribution in [0.3, 0.4) is 0 Å². The van der Waals surface area contributed by atoms with Gasteiger partial charge in [-0.2, -0.15) is 0 Å². The Morgan fingerprint density at radius 3 is 2.20 bits per heavy atom. The van der Waals surface area contributed by atoms with Gasteiger partial charge in [0, 0.05) is 6.42 Å². The molecule has 0 amide bonds. The first-order chi connectivity index (χ1) is 7.25. The van der Waals surface area contributed by atoms with E-state index < -0.39 is 0 Å². The summed E-state index contributed by atoms with van der Waals surface area (Å²) in [4.78, 5) is 0. The van der Waals surface area contributed by atoms with Crippen LogP contribution in [0, 0.1) is 0 Å². The average molecular weight is 206 g/mol. The topological polar surface area (TPSA) is 18.5 Å². The van der Waals surface area contributed by atoms with E-state index in [-0.39, 0.29) is 18.5 Å². The first-order valence-corrected chi connectivity index (χ1v) is 5.60. The molecule has 1 aliphatic heterocycles. The summed E-state index contributed by atoms with van der Waals surface area (Å²) >= 11 is 0. The van der Waals surface area contributed by atoms with E-state index in [1.54, 1.807) is 0 Å². The van der Waals surface area contributed by atoms with Crippen molar-refractivity contribution in [2.24, 2.45) is 0 Å². The summed E-state index contributed by atoms with van der Waals surface area (Å²) in [6, 6.07) is 10.5. The zero-order valence-electron chi connectivity index (χ0n) is 9.35. The standard InChI is InChI=1S/C13H18O2/c1-10-11(2)15-13(14-10)9-8-12-6-4-3-5-7-12/h3-7,10-11,13H,8-9H2,1-2H3/t10-,11-/m1/s1. The smallest absolute Gasteiger partial charge is 0.158 e. The molecule has 2 nitrogen and oxygen atoms in total. The van der Waals surface area contributed by atoms with E-state index in [0.29, 0.717) is 0 Å². The minimum atomic E-state index is -0.0183. The number of benzene rings is 1. The van der Waals surface area contributed by atoms with Gasteiger partial charge in [-0.3, -0.25) is 0 Å². The molecule has 1 saturated heterocycles. The number of rotatable bonds is 3. The Bertz CT molecular complexity index is 287. The maximum absolute atomic E-state index is 5.67. The molecule has 0 N–H and O–H groups in total. The highest BCUT2D eigenvalue weighted by molar-refractivity contribution is 5.14. The number of hydrogen-bond acceptors (Lipinski definition) is 2. The van der Waals surface area contributed by atoms with Crippen molar-refractivity contribution in [2.75, 3.05) is 0 Å². The maximum atomic E-state index is 5.67. The van der Waals surface area contributed by atoms with Crippen LogP contribution in [0.25, 0.3) is 0 Å². The minimum Gasteiger partial charge on any atom is -0.347 e. The van der Waals surface area contributed by atoms with Crippen molar-refractivity contribution >= 4 is 0 Å². The van der Waals surface area contributed by atoms with Crippen molar-refractivity contribution in [3.05, 3.63) is 35.9 Å². The Morgan fingerprint density at radius 2 is 1.60 bits per heavy atom. The van der Waals surface area contributed by atoms with Crippen molar-refractivity contribution in [2.45, 2.75) is 45.2 Å². The Balaban J connectivity index is 1.80. The third-order valence-electron chi connectivity index (χ3n) is 2.91. The summed E-state index contributed by atoms with van der Waals surface area (Å²) in [5, 5.41) is 0. The quantitative estimate of drug-likeness (QED) is 0.757. The van der Waals surface area contributed by atoms with Gasteiger partial charge in [0.25, 0.3) is 0 Å². The predicted molar refractivity (Wildman–Crippen MR) is 59.6 cm³/mol. The Morgan fingerprint density at radius 1 is 1.00 bits per heavy atom. The molecule has 1 fully saturated rings. The molecule has 1 aromatic carbocycles. The second-order valence-corrected chi connectivity index (χ2v) is 4.14. The van der Waals surface area contributed by atoms with Crippen LogP contribution in [-0.2, 0) is 15.9 Å². The molecule has 0 bridgehead atoms. The van der Waals surface area contributed by atoms with Gasteiger partial charge >= 0.3 is 0 Å². The van der Waals surface area contributed by atoms with E-state index in [4.69, 9.17) is 9.47 Å². The van der Waals surface area contributed by atoms with Crippen molar-refractivity contribution < 1.29 is 9.47 Å². The van der Waals surface area contributed by atoms with Crippen LogP contribution >= 0.6 is 0 Å². The van der Waals surface area contributed by atoms with Gasteiger partial charge in [0.05, 0.1) is 12.2 Å². The number of hydrogen-bond donors (Lipinski definition) is 0. The highest BCUT2D eigenvalue weighted by atomic mass is 16.7. The Kier molecular flexibility index (Phi) is 3.39. The highest BCUT2D eigenvalue weighted by Crippen LogP contribution is 2.21. The Hall–Kier alpha value is -0.860. The van der Waals surface area contributed by atoms with Crippen molar-refractivity contribution in [1.82, 2.24) is 0 Å². The molecule has 0 aromatic heterocycles. The Labute approximate surface area is 91.2 Å². The van der Waals surface area contributed by atoms with E-state index in [2.05, 4.69) is 38.1 Å². The van der Waals surface area contributed by atoms with Crippen molar-refractivity contribution in [3.63, 3.8) is 0 Å². The lowest BCUT2D eigenvalue weighted by molar-refractivity contribution is -0.0664. The predicted octanol–water partition coefficient (Wildman–Crippen LogP) is 2.77. The molecule has 1 aliphatic rings. The first kappa shape index (κ1) is 10.7. The molecule has 0 radical (unpaired) electrons. The maximum Gasteiger partial charge on any atom is 0.158 e. The summed E-state index contributed by atoms with van der Waals surface area (Å²) in [6.45, 7) is 4.13. The molecule has 2 atom stereocenters. The SMILES string of the molecule is C[C@H]1OC(CCc2ccccc2)O[C@@H]1C. The fraction of sp³-hybridized carbons (Fsp3) is 0.538. The second kappa shape index (κ2) is 4.77. The van der Waals surface area contributed by atoms with Gasteiger partial charge < -0.3 is 9.47 Å². The van der Waals surface area contributed by atoms with Gasteiger partial charge in [0.2, 0.25) is 0 Å². The lowest BCUT2D eigenvalue weighted by atomic mass is 10.1. The number of ether oxygens (including phenoxy) is 2. The lowest BCUT2D eigenvalue weighted by Gasteiger charge is -2.09. The van der Waals surface area contributed by atoms with Crippen LogP contribution in [0.5, 0.6) is 0 Å². The molecule has 82 valence electrons. The van der Waals surface area contributed by atoms with Gasteiger partial charge in [-0.25, -0.2) is 0 Å². The molecule has 2 heteroatoms. The molecule has 0 spiro atoms. The highest BCUT2D eigenvalue weighted by Gasteiger charge is 2.28. The summed E-state index contributed by atoms with van der Waals surface area (Å²) in [7, 11) is 0. The largest absolute Gasteiger partial charge is 0.347 e. The monoisotopic (exact) mass is 206 g/mol. The molecular formula is C13H18O2. The van der Waals surface area contributed by atoms with Crippen LogP contribution in [0.15, 0.2) is 30.3 Å². The summed E-state index contributed by atoms with van der Waals surface area (Å²) in [5.74, 6) is 0. The van der Waals surface area contributed by atoms with Gasteiger partial charge in [-0.05, 0) is 25.8 Å². The van der Waals surface area contributed by atoms with Gasteiger partial charge in [-0.1, -0.05) is 30.3 Å². The fourth-order valence-electron chi connectivity index (χ4n) is 1.80. The van der Waals surface area contributed by atoms with Crippen LogP contribution in [-0.4, -0.2) is 18.5 Å². The third kappa shape index (κ3) is 2.80. The molecule has 2 rings (SSSR count). The zero-order chi connectivity index (χ0) is 10.7. The molecule has 0 saturated carbocycles. The van der Waals surface area contributed by atoms with Gasteiger partial charge in [0.1, 0.15) is 0 Å². The van der Waals surface area contributed by atoms with Gasteiger partial charge in [0.15, 0.2) is 6.29 Å². The molecular weight excluding hydrogens is 188 g/mol. The number of aryl methyl sites for hydroxylation is 1. The molecule has 1 aromatic rings. The van der Waals surface area contributed by atoms with Crippen LogP contribution < -0.4 is 0 Å². The first-order valence-electron chi connectivity index (χ1n) is 5.60. The minimum absolute atomic E-state index is 0.0183. The van der Waals surface area contributed by atoms with Crippen molar-refractivity contribution in [3.8, 4) is 0 Å². The van der Waals surface area contributed by atoms with E-state index in [1.165, 1.54) is 5.56 Å². The molecule has 0 aliphatic carbocycles. The molecule has 1 heterocycles. The van der Waals surface area contributed by atoms with Gasteiger partial charge in [-0.15, -0.1) is 0 Å². The van der Waals surface area contributed by atoms with Crippen molar-refractivity contribution in [1.29, 1.82) is 0 Å². The van der Waals surface area contributed by atoms with E-state index in [1.807, 2.05) is 6.07 Å². The molecule has 0 unspecified atom stereocenters. The fourth-order valence-corrected chi connectivity index (χ4v) is 1.80. The average Bonchev–Trinajstić information content (AvgIpc) is 2.57. The van der Waals surface area contributed by atoms with Crippen LogP contribution in [0.2, 0.25) is 0 Å². The van der Waals surface area contributed by atoms with E-state index in [9.17, 15) is 0 Å². The van der Waals surface area contributed by atoms with Crippen LogP contribution in [0.4, 0.5) is 0 Å². The normalized spacial score (nSPS) is 27.1. The van der Waals surface area contributed by atoms with Crippen LogP contribution in [0.1, 0.15) is 25.8 Å².